The van der Waals surface area contributed by atoms with E-state index in [1.54, 1.807) is 0 Å². The minimum atomic E-state index is 0.358. The maximum Gasteiger partial charge on any atom is 0.0252 e. The highest BCUT2D eigenvalue weighted by Gasteiger charge is 2.41. The molecule has 0 aromatic rings. The van der Waals surface area contributed by atoms with Gasteiger partial charge in [0, 0.05) is 12.1 Å². The molecule has 0 amide bonds. The van der Waals surface area contributed by atoms with E-state index < -0.39 is 0 Å². The van der Waals surface area contributed by atoms with Crippen molar-refractivity contribution in [1.82, 2.24) is 4.90 Å². The number of nitrogens with zero attached hydrogens (tertiary/aromatic N) is 1. The summed E-state index contributed by atoms with van der Waals surface area (Å²) in [7, 11) is 0. The third-order valence-electron chi connectivity index (χ3n) is 4.51. The first-order valence-corrected chi connectivity index (χ1v) is 6.61. The fourth-order valence-electron chi connectivity index (χ4n) is 3.22. The lowest BCUT2D eigenvalue weighted by Crippen LogP contribution is -2.49. The van der Waals surface area contributed by atoms with Gasteiger partial charge in [0.25, 0.3) is 0 Å². The molecule has 0 aromatic heterocycles. The molecule has 2 nitrogen and oxygen atoms in total. The Labute approximate surface area is 94.2 Å². The average Bonchev–Trinajstić information content (AvgIpc) is 2.46. The Morgan fingerprint density at radius 1 is 1.07 bits per heavy atom. The summed E-state index contributed by atoms with van der Waals surface area (Å²) in [6.45, 7) is 7.23. The highest BCUT2D eigenvalue weighted by Crippen LogP contribution is 2.39. The zero-order chi connectivity index (χ0) is 10.9. The molecule has 2 unspecified atom stereocenters. The molecule has 2 heteroatoms. The summed E-state index contributed by atoms with van der Waals surface area (Å²) in [5.74, 6) is 0. The number of rotatable bonds is 1. The maximum atomic E-state index is 6.40. The fourth-order valence-corrected chi connectivity index (χ4v) is 3.22. The maximum absolute atomic E-state index is 6.40. The largest absolute Gasteiger partial charge is 0.326 e. The van der Waals surface area contributed by atoms with Crippen LogP contribution in [0.3, 0.4) is 0 Å². The summed E-state index contributed by atoms with van der Waals surface area (Å²) in [6, 6.07) is 1.05. The van der Waals surface area contributed by atoms with Gasteiger partial charge in [0.05, 0.1) is 0 Å². The van der Waals surface area contributed by atoms with E-state index in [0.717, 1.165) is 0 Å². The predicted molar refractivity (Wildman–Crippen MR) is 64.8 cm³/mol. The Kier molecular flexibility index (Phi) is 3.36. The van der Waals surface area contributed by atoms with Gasteiger partial charge in [-0.1, -0.05) is 26.7 Å². The minimum absolute atomic E-state index is 0.358. The second-order valence-corrected chi connectivity index (χ2v) is 6.07. The molecular formula is C13H26N2. The molecule has 2 atom stereocenters. The standard InChI is InChI=1S/C13H26N2/c1-13(2)8-7-11(12(13)14)15-9-5-3-4-6-10-15/h11-12H,3-10,14H2,1-2H3. The molecule has 2 rings (SSSR count). The van der Waals surface area contributed by atoms with Crippen molar-refractivity contribution in [2.45, 2.75) is 64.5 Å². The highest BCUT2D eigenvalue weighted by molar-refractivity contribution is 4.99. The zero-order valence-electron chi connectivity index (χ0n) is 10.3. The van der Waals surface area contributed by atoms with Crippen molar-refractivity contribution in [2.24, 2.45) is 11.1 Å². The molecule has 2 N–H and O–H groups in total. The van der Waals surface area contributed by atoms with Gasteiger partial charge in [0.1, 0.15) is 0 Å². The third-order valence-corrected chi connectivity index (χ3v) is 4.51. The molecule has 0 spiro atoms. The Morgan fingerprint density at radius 2 is 1.67 bits per heavy atom. The molecule has 1 saturated heterocycles. The number of nitrogens with two attached hydrogens (primary N) is 1. The van der Waals surface area contributed by atoms with Crippen molar-refractivity contribution in [2.75, 3.05) is 13.1 Å². The normalized spacial score (nSPS) is 37.8. The molecule has 88 valence electrons. The van der Waals surface area contributed by atoms with Crippen LogP contribution in [-0.4, -0.2) is 30.1 Å². The molecule has 1 aliphatic carbocycles. The van der Waals surface area contributed by atoms with E-state index >= 15 is 0 Å². The lowest BCUT2D eigenvalue weighted by atomic mass is 9.87. The predicted octanol–water partition coefficient (Wildman–Crippen LogP) is 2.38. The molecule has 1 heterocycles. The Morgan fingerprint density at radius 3 is 2.13 bits per heavy atom. The highest BCUT2D eigenvalue weighted by atomic mass is 15.2. The number of likely N-dealkylation sites (tertiary alicyclic amines) is 1. The van der Waals surface area contributed by atoms with Crippen LogP contribution in [0.2, 0.25) is 0 Å². The summed E-state index contributed by atoms with van der Waals surface area (Å²) in [4.78, 5) is 2.67. The third kappa shape index (κ3) is 2.36. The van der Waals surface area contributed by atoms with Crippen molar-refractivity contribution >= 4 is 0 Å². The van der Waals surface area contributed by atoms with Gasteiger partial charge in [-0.15, -0.1) is 0 Å². The van der Waals surface area contributed by atoms with Crippen LogP contribution in [-0.2, 0) is 0 Å². The van der Waals surface area contributed by atoms with Crippen molar-refractivity contribution in [3.05, 3.63) is 0 Å². The lowest BCUT2D eigenvalue weighted by Gasteiger charge is -2.34. The van der Waals surface area contributed by atoms with E-state index in [-0.39, 0.29) is 0 Å². The quantitative estimate of drug-likeness (QED) is 0.720. The number of hydrogen-bond donors (Lipinski definition) is 1. The molecule has 1 aliphatic heterocycles. The summed E-state index contributed by atoms with van der Waals surface area (Å²) in [5.41, 5.74) is 6.76. The van der Waals surface area contributed by atoms with Crippen LogP contribution in [0.25, 0.3) is 0 Å². The lowest BCUT2D eigenvalue weighted by molar-refractivity contribution is 0.169. The fraction of sp³-hybridized carbons (Fsp3) is 1.00. The van der Waals surface area contributed by atoms with Crippen LogP contribution < -0.4 is 5.73 Å². The van der Waals surface area contributed by atoms with Gasteiger partial charge < -0.3 is 5.73 Å². The van der Waals surface area contributed by atoms with Gasteiger partial charge >= 0.3 is 0 Å². The topological polar surface area (TPSA) is 29.3 Å². The smallest absolute Gasteiger partial charge is 0.0252 e. The van der Waals surface area contributed by atoms with Gasteiger partial charge in [0.15, 0.2) is 0 Å². The van der Waals surface area contributed by atoms with Gasteiger partial charge in [-0.2, -0.15) is 0 Å². The van der Waals surface area contributed by atoms with Crippen LogP contribution in [0.4, 0.5) is 0 Å². The molecule has 2 aliphatic rings. The number of hydrogen-bond acceptors (Lipinski definition) is 2. The average molecular weight is 210 g/mol. The van der Waals surface area contributed by atoms with Crippen LogP contribution in [0, 0.1) is 5.41 Å². The van der Waals surface area contributed by atoms with Crippen molar-refractivity contribution < 1.29 is 0 Å². The van der Waals surface area contributed by atoms with E-state index in [1.807, 2.05) is 0 Å². The SMILES string of the molecule is CC1(C)CCC(N2CCCCCC2)C1N. The second-order valence-electron chi connectivity index (χ2n) is 6.07. The minimum Gasteiger partial charge on any atom is -0.326 e. The molecule has 0 bridgehead atoms. The van der Waals surface area contributed by atoms with E-state index in [9.17, 15) is 0 Å². The summed E-state index contributed by atoms with van der Waals surface area (Å²) in [6.07, 6.45) is 8.21. The molecule has 2 fully saturated rings. The molecule has 0 radical (unpaired) electrons. The molecule has 1 saturated carbocycles. The Bertz CT molecular complexity index is 205. The molecule has 15 heavy (non-hydrogen) atoms. The van der Waals surface area contributed by atoms with Crippen molar-refractivity contribution in [3.8, 4) is 0 Å². The zero-order valence-corrected chi connectivity index (χ0v) is 10.3. The van der Waals surface area contributed by atoms with Crippen LogP contribution in [0.15, 0.2) is 0 Å². The van der Waals surface area contributed by atoms with Crippen LogP contribution in [0.1, 0.15) is 52.4 Å². The summed E-state index contributed by atoms with van der Waals surface area (Å²) < 4.78 is 0. The first-order valence-electron chi connectivity index (χ1n) is 6.61. The van der Waals surface area contributed by atoms with E-state index in [1.165, 1.54) is 51.6 Å². The van der Waals surface area contributed by atoms with Crippen molar-refractivity contribution in [1.29, 1.82) is 0 Å². The van der Waals surface area contributed by atoms with E-state index in [2.05, 4.69) is 18.7 Å². The van der Waals surface area contributed by atoms with E-state index in [4.69, 9.17) is 5.73 Å². The van der Waals surface area contributed by atoms with Gasteiger partial charge in [-0.25, -0.2) is 0 Å². The molecular weight excluding hydrogens is 184 g/mol. The van der Waals surface area contributed by atoms with Crippen LogP contribution in [0.5, 0.6) is 0 Å². The van der Waals surface area contributed by atoms with Gasteiger partial charge in [0.2, 0.25) is 0 Å². The Hall–Kier alpha value is -0.0800. The summed E-state index contributed by atoms with van der Waals surface area (Å²) in [5, 5.41) is 0. The first kappa shape index (κ1) is 11.4. The first-order chi connectivity index (χ1) is 7.11. The monoisotopic (exact) mass is 210 g/mol. The Balaban J connectivity index is 1.98. The van der Waals surface area contributed by atoms with Gasteiger partial charge in [-0.05, 0) is 44.2 Å². The summed E-state index contributed by atoms with van der Waals surface area (Å²) >= 11 is 0. The second kappa shape index (κ2) is 4.42. The van der Waals surface area contributed by atoms with Crippen LogP contribution >= 0.6 is 0 Å². The van der Waals surface area contributed by atoms with E-state index in [0.29, 0.717) is 17.5 Å². The van der Waals surface area contributed by atoms with Crippen molar-refractivity contribution in [3.63, 3.8) is 0 Å². The van der Waals surface area contributed by atoms with Gasteiger partial charge in [-0.3, -0.25) is 4.90 Å². The molecule has 0 aromatic carbocycles.